The van der Waals surface area contributed by atoms with E-state index in [2.05, 4.69) is 24.3 Å². The van der Waals surface area contributed by atoms with Gasteiger partial charge >= 0.3 is 0 Å². The van der Waals surface area contributed by atoms with Crippen LogP contribution in [0.25, 0.3) is 0 Å². The standard InChI is InChI=1S/C13H25N3O2/c1-15(2)13(5-4-6-13)9-16(3)12(18)11-7-10(17)8-14-11/h10-11,14,17H,4-9H2,1-3H3. The third-order valence-electron chi connectivity index (χ3n) is 4.55. The second-order valence-corrected chi connectivity index (χ2v) is 6.02. The molecule has 5 nitrogen and oxygen atoms in total. The van der Waals surface area contributed by atoms with Crippen LogP contribution in [0.5, 0.6) is 0 Å². The topological polar surface area (TPSA) is 55.8 Å². The maximum absolute atomic E-state index is 12.3. The summed E-state index contributed by atoms with van der Waals surface area (Å²) in [6.07, 6.45) is 3.74. The Bertz CT molecular complexity index is 315. The molecule has 1 amide bonds. The predicted molar refractivity (Wildman–Crippen MR) is 70.3 cm³/mol. The summed E-state index contributed by atoms with van der Waals surface area (Å²) in [5, 5.41) is 12.6. The summed E-state index contributed by atoms with van der Waals surface area (Å²) in [4.78, 5) is 16.3. The maximum Gasteiger partial charge on any atom is 0.239 e. The molecule has 1 saturated carbocycles. The van der Waals surface area contributed by atoms with Crippen LogP contribution in [0.3, 0.4) is 0 Å². The van der Waals surface area contributed by atoms with Crippen LogP contribution in [-0.2, 0) is 4.79 Å². The van der Waals surface area contributed by atoms with Crippen LogP contribution in [0.15, 0.2) is 0 Å². The Labute approximate surface area is 109 Å². The lowest BCUT2D eigenvalue weighted by atomic mass is 9.75. The van der Waals surface area contributed by atoms with Gasteiger partial charge in [0.2, 0.25) is 5.91 Å². The molecule has 1 aliphatic heterocycles. The molecule has 1 heterocycles. The van der Waals surface area contributed by atoms with E-state index in [4.69, 9.17) is 0 Å². The van der Waals surface area contributed by atoms with Crippen molar-refractivity contribution < 1.29 is 9.90 Å². The first kappa shape index (κ1) is 13.8. The molecule has 1 aliphatic carbocycles. The average molecular weight is 255 g/mol. The van der Waals surface area contributed by atoms with Crippen LogP contribution in [0.4, 0.5) is 0 Å². The first-order chi connectivity index (χ1) is 8.44. The highest BCUT2D eigenvalue weighted by atomic mass is 16.3. The first-order valence-electron chi connectivity index (χ1n) is 6.78. The molecule has 1 saturated heterocycles. The molecule has 2 N–H and O–H groups in total. The summed E-state index contributed by atoms with van der Waals surface area (Å²) in [6.45, 7) is 1.32. The molecule has 104 valence electrons. The Hall–Kier alpha value is -0.650. The summed E-state index contributed by atoms with van der Waals surface area (Å²) in [7, 11) is 6.06. The number of aliphatic hydroxyl groups is 1. The number of aliphatic hydroxyl groups excluding tert-OH is 1. The second-order valence-electron chi connectivity index (χ2n) is 6.02. The Kier molecular flexibility index (Phi) is 3.94. The minimum atomic E-state index is -0.376. The lowest BCUT2D eigenvalue weighted by Crippen LogP contribution is -2.58. The first-order valence-corrected chi connectivity index (χ1v) is 6.78. The molecule has 0 aromatic carbocycles. The highest BCUT2D eigenvalue weighted by molar-refractivity contribution is 5.82. The van der Waals surface area contributed by atoms with E-state index in [0.29, 0.717) is 13.0 Å². The Morgan fingerprint density at radius 1 is 1.39 bits per heavy atom. The molecule has 2 fully saturated rings. The Balaban J connectivity index is 1.91. The second kappa shape index (κ2) is 5.15. The molecule has 0 bridgehead atoms. The van der Waals surface area contributed by atoms with Gasteiger partial charge in [0.25, 0.3) is 0 Å². The highest BCUT2D eigenvalue weighted by Crippen LogP contribution is 2.36. The van der Waals surface area contributed by atoms with Gasteiger partial charge in [0.1, 0.15) is 0 Å². The SMILES string of the molecule is CN(CC1(N(C)C)CCC1)C(=O)C1CC(O)CN1. The summed E-state index contributed by atoms with van der Waals surface area (Å²) in [5.41, 5.74) is 0.168. The van der Waals surface area contributed by atoms with Gasteiger partial charge in [0, 0.05) is 25.7 Å². The summed E-state index contributed by atoms with van der Waals surface area (Å²) < 4.78 is 0. The number of rotatable bonds is 4. The van der Waals surface area contributed by atoms with E-state index < -0.39 is 0 Å². The van der Waals surface area contributed by atoms with Gasteiger partial charge in [-0.05, 0) is 39.8 Å². The third-order valence-corrected chi connectivity index (χ3v) is 4.55. The van der Waals surface area contributed by atoms with Crippen molar-refractivity contribution in [2.45, 2.75) is 43.4 Å². The number of carbonyl (C=O) groups excluding carboxylic acids is 1. The molecule has 5 heteroatoms. The molecule has 2 atom stereocenters. The van der Waals surface area contributed by atoms with Gasteiger partial charge in [-0.2, -0.15) is 0 Å². The van der Waals surface area contributed by atoms with Crippen LogP contribution in [-0.4, -0.2) is 72.7 Å². The lowest BCUT2D eigenvalue weighted by molar-refractivity contribution is -0.134. The number of hydrogen-bond acceptors (Lipinski definition) is 4. The minimum Gasteiger partial charge on any atom is -0.392 e. The average Bonchev–Trinajstić information content (AvgIpc) is 2.68. The number of carbonyl (C=O) groups is 1. The quantitative estimate of drug-likeness (QED) is 0.721. The fraction of sp³-hybridized carbons (Fsp3) is 0.923. The zero-order valence-corrected chi connectivity index (χ0v) is 11.6. The molecule has 2 rings (SSSR count). The third kappa shape index (κ3) is 2.53. The minimum absolute atomic E-state index is 0.111. The fourth-order valence-electron chi connectivity index (χ4n) is 3.02. The Morgan fingerprint density at radius 3 is 2.44 bits per heavy atom. The van der Waals surface area contributed by atoms with Crippen LogP contribution < -0.4 is 5.32 Å². The molecule has 0 radical (unpaired) electrons. The van der Waals surface area contributed by atoms with Gasteiger partial charge in [-0.25, -0.2) is 0 Å². The van der Waals surface area contributed by atoms with Gasteiger partial charge in [-0.1, -0.05) is 0 Å². The number of likely N-dealkylation sites (N-methyl/N-ethyl adjacent to an activating group) is 2. The zero-order valence-electron chi connectivity index (χ0n) is 11.6. The van der Waals surface area contributed by atoms with Crippen molar-refractivity contribution in [2.24, 2.45) is 0 Å². The van der Waals surface area contributed by atoms with E-state index in [1.807, 2.05) is 11.9 Å². The monoisotopic (exact) mass is 255 g/mol. The van der Waals surface area contributed by atoms with Gasteiger partial charge in [0.05, 0.1) is 12.1 Å². The molecule has 2 aliphatic rings. The smallest absolute Gasteiger partial charge is 0.239 e. The van der Waals surface area contributed by atoms with Crippen molar-refractivity contribution >= 4 is 5.91 Å². The van der Waals surface area contributed by atoms with E-state index in [-0.39, 0.29) is 23.6 Å². The highest BCUT2D eigenvalue weighted by Gasteiger charge is 2.41. The molecule has 0 aromatic rings. The molecule has 18 heavy (non-hydrogen) atoms. The fourth-order valence-corrected chi connectivity index (χ4v) is 3.02. The van der Waals surface area contributed by atoms with Crippen LogP contribution in [0.1, 0.15) is 25.7 Å². The largest absolute Gasteiger partial charge is 0.392 e. The van der Waals surface area contributed by atoms with E-state index in [9.17, 15) is 9.90 Å². The predicted octanol–water partition coefficient (Wildman–Crippen LogP) is -0.348. The van der Waals surface area contributed by atoms with Crippen molar-refractivity contribution in [3.63, 3.8) is 0 Å². The van der Waals surface area contributed by atoms with Crippen LogP contribution in [0.2, 0.25) is 0 Å². The van der Waals surface area contributed by atoms with E-state index >= 15 is 0 Å². The number of nitrogens with zero attached hydrogens (tertiary/aromatic N) is 2. The van der Waals surface area contributed by atoms with Gasteiger partial charge in [-0.15, -0.1) is 0 Å². The zero-order chi connectivity index (χ0) is 13.3. The van der Waals surface area contributed by atoms with Crippen molar-refractivity contribution in [2.75, 3.05) is 34.2 Å². The van der Waals surface area contributed by atoms with Gasteiger partial charge in [-0.3, -0.25) is 4.79 Å². The number of nitrogens with one attached hydrogen (secondary N) is 1. The normalized spacial score (nSPS) is 30.3. The van der Waals surface area contributed by atoms with E-state index in [0.717, 1.165) is 6.54 Å². The number of hydrogen-bond donors (Lipinski definition) is 2. The van der Waals surface area contributed by atoms with Gasteiger partial charge in [0.15, 0.2) is 0 Å². The summed E-state index contributed by atoms with van der Waals surface area (Å²) in [5.74, 6) is 0.111. The summed E-state index contributed by atoms with van der Waals surface area (Å²) >= 11 is 0. The molecule has 0 spiro atoms. The van der Waals surface area contributed by atoms with Crippen LogP contribution >= 0.6 is 0 Å². The van der Waals surface area contributed by atoms with Crippen molar-refractivity contribution in [1.29, 1.82) is 0 Å². The van der Waals surface area contributed by atoms with Crippen LogP contribution in [0, 0.1) is 0 Å². The number of amides is 1. The lowest BCUT2D eigenvalue weighted by Gasteiger charge is -2.49. The molecule has 2 unspecified atom stereocenters. The van der Waals surface area contributed by atoms with Gasteiger partial charge < -0.3 is 20.2 Å². The van der Waals surface area contributed by atoms with E-state index in [1.54, 1.807) is 0 Å². The molecular weight excluding hydrogens is 230 g/mol. The van der Waals surface area contributed by atoms with Crippen molar-refractivity contribution in [3.8, 4) is 0 Å². The van der Waals surface area contributed by atoms with Crippen molar-refractivity contribution in [1.82, 2.24) is 15.1 Å². The number of β-amino-alcohol motifs (C(OH)–C–C–N with tert-alkyl or cyclic N) is 1. The maximum atomic E-state index is 12.3. The molecule has 0 aromatic heterocycles. The van der Waals surface area contributed by atoms with Crippen molar-refractivity contribution in [3.05, 3.63) is 0 Å². The summed E-state index contributed by atoms with van der Waals surface area (Å²) in [6, 6.07) is -0.204. The molecular formula is C13H25N3O2. The van der Waals surface area contributed by atoms with E-state index in [1.165, 1.54) is 19.3 Å². The Morgan fingerprint density at radius 2 is 2.06 bits per heavy atom.